The molecule has 0 heterocycles. The Hall–Kier alpha value is -2.57. The number of amides is 1. The summed E-state index contributed by atoms with van der Waals surface area (Å²) in [5.41, 5.74) is 9.77. The Morgan fingerprint density at radius 1 is 1.14 bits per heavy atom. The molecule has 0 atom stereocenters. The van der Waals surface area contributed by atoms with Gasteiger partial charge in [-0.15, -0.1) is 0 Å². The van der Waals surface area contributed by atoms with Gasteiger partial charge in [0.25, 0.3) is 5.91 Å². The van der Waals surface area contributed by atoms with Gasteiger partial charge in [-0.05, 0) is 43.7 Å². The lowest BCUT2D eigenvalue weighted by atomic mass is 10.0. The van der Waals surface area contributed by atoms with Crippen molar-refractivity contribution in [2.45, 2.75) is 13.8 Å². The van der Waals surface area contributed by atoms with Crippen LogP contribution in [-0.4, -0.2) is 12.5 Å². The van der Waals surface area contributed by atoms with Crippen LogP contribution in [0, 0.1) is 25.7 Å². The van der Waals surface area contributed by atoms with Crippen LogP contribution in [0.3, 0.4) is 0 Å². The third-order valence-corrected chi connectivity index (χ3v) is 3.13. The highest BCUT2D eigenvalue weighted by atomic mass is 16.1. The second-order valence-corrected chi connectivity index (χ2v) is 4.86. The van der Waals surface area contributed by atoms with Crippen molar-refractivity contribution in [2.75, 3.05) is 11.9 Å². The van der Waals surface area contributed by atoms with Gasteiger partial charge in [0.15, 0.2) is 0 Å². The third kappa shape index (κ3) is 3.95. The number of aryl methyl sites for hydroxylation is 2. The molecule has 0 spiro atoms. The van der Waals surface area contributed by atoms with Gasteiger partial charge < -0.3 is 11.1 Å². The number of carbonyl (C=O) groups excluding carboxylic acids is 1. The Labute approximate surface area is 125 Å². The van der Waals surface area contributed by atoms with Gasteiger partial charge in [-0.1, -0.05) is 35.6 Å². The van der Waals surface area contributed by atoms with E-state index in [0.29, 0.717) is 12.1 Å². The number of anilines is 1. The number of hydrogen-bond acceptors (Lipinski definition) is 2. The van der Waals surface area contributed by atoms with E-state index in [2.05, 4.69) is 17.2 Å². The molecule has 2 aromatic carbocycles. The largest absolute Gasteiger partial charge is 0.322 e. The number of carbonyl (C=O) groups is 1. The smallest absolute Gasteiger partial charge is 0.255 e. The third-order valence-electron chi connectivity index (χ3n) is 3.13. The van der Waals surface area contributed by atoms with E-state index in [4.69, 9.17) is 5.73 Å². The maximum Gasteiger partial charge on any atom is 0.255 e. The average Bonchev–Trinajstić information content (AvgIpc) is 2.48. The monoisotopic (exact) mass is 278 g/mol. The van der Waals surface area contributed by atoms with Crippen molar-refractivity contribution in [3.8, 4) is 11.8 Å². The van der Waals surface area contributed by atoms with Gasteiger partial charge in [-0.2, -0.15) is 0 Å². The molecule has 0 aliphatic carbocycles. The second kappa shape index (κ2) is 6.74. The fraction of sp³-hybridized carbons (Fsp3) is 0.167. The number of hydrogen-bond donors (Lipinski definition) is 2. The maximum absolute atomic E-state index is 12.3. The van der Waals surface area contributed by atoms with Crippen molar-refractivity contribution < 1.29 is 4.79 Å². The van der Waals surface area contributed by atoms with E-state index < -0.39 is 0 Å². The van der Waals surface area contributed by atoms with E-state index in [0.717, 1.165) is 22.4 Å². The fourth-order valence-corrected chi connectivity index (χ4v) is 1.88. The van der Waals surface area contributed by atoms with Crippen LogP contribution in [0.2, 0.25) is 0 Å². The number of nitrogens with one attached hydrogen (secondary N) is 1. The topological polar surface area (TPSA) is 55.1 Å². The molecule has 1 amide bonds. The molecule has 0 saturated carbocycles. The van der Waals surface area contributed by atoms with Gasteiger partial charge in [0, 0.05) is 16.8 Å². The quantitative estimate of drug-likeness (QED) is 0.830. The summed E-state index contributed by atoms with van der Waals surface area (Å²) in [4.78, 5) is 12.3. The maximum atomic E-state index is 12.3. The van der Waals surface area contributed by atoms with Crippen molar-refractivity contribution in [3.63, 3.8) is 0 Å². The van der Waals surface area contributed by atoms with Crippen LogP contribution >= 0.6 is 0 Å². The normalized spacial score (nSPS) is 9.67. The van der Waals surface area contributed by atoms with Crippen molar-refractivity contribution in [1.82, 2.24) is 0 Å². The highest BCUT2D eigenvalue weighted by molar-refractivity contribution is 6.04. The molecule has 0 fully saturated rings. The number of nitrogens with two attached hydrogens (primary N) is 1. The molecule has 0 aliphatic rings. The van der Waals surface area contributed by atoms with Crippen LogP contribution in [0.1, 0.15) is 27.0 Å². The molecule has 0 saturated heterocycles. The van der Waals surface area contributed by atoms with Crippen LogP contribution in [0.4, 0.5) is 5.69 Å². The number of rotatable bonds is 2. The van der Waals surface area contributed by atoms with Crippen LogP contribution in [0.15, 0.2) is 42.5 Å². The molecule has 0 radical (unpaired) electrons. The first-order valence-corrected chi connectivity index (χ1v) is 6.78. The highest BCUT2D eigenvalue weighted by Gasteiger charge is 2.07. The van der Waals surface area contributed by atoms with Crippen LogP contribution in [-0.2, 0) is 0 Å². The SMILES string of the molecule is Cc1ccc(NC(=O)c2ccc(C)c(C#CCN)c2)cc1. The van der Waals surface area contributed by atoms with E-state index in [1.54, 1.807) is 12.1 Å². The molecular weight excluding hydrogens is 260 g/mol. The predicted octanol–water partition coefficient (Wildman–Crippen LogP) is 2.87. The minimum absolute atomic E-state index is 0.144. The van der Waals surface area contributed by atoms with E-state index >= 15 is 0 Å². The van der Waals surface area contributed by atoms with E-state index in [9.17, 15) is 4.79 Å². The van der Waals surface area contributed by atoms with Crippen molar-refractivity contribution in [2.24, 2.45) is 5.73 Å². The summed E-state index contributed by atoms with van der Waals surface area (Å²) in [6.07, 6.45) is 0. The van der Waals surface area contributed by atoms with Gasteiger partial charge in [0.05, 0.1) is 6.54 Å². The second-order valence-electron chi connectivity index (χ2n) is 4.86. The summed E-state index contributed by atoms with van der Waals surface area (Å²) in [6, 6.07) is 13.2. The van der Waals surface area contributed by atoms with Gasteiger partial charge in [-0.3, -0.25) is 4.79 Å². The highest BCUT2D eigenvalue weighted by Crippen LogP contribution is 2.14. The standard InChI is InChI=1S/C18H18N2O/c1-13-5-9-17(10-6-13)20-18(21)16-8-7-14(2)15(12-16)4-3-11-19/h5-10,12H,11,19H2,1-2H3,(H,20,21). The summed E-state index contributed by atoms with van der Waals surface area (Å²) in [7, 11) is 0. The average molecular weight is 278 g/mol. The van der Waals surface area contributed by atoms with Gasteiger partial charge in [0.2, 0.25) is 0 Å². The van der Waals surface area contributed by atoms with Crippen LogP contribution in [0.5, 0.6) is 0 Å². The molecule has 0 aromatic heterocycles. The Morgan fingerprint density at radius 3 is 2.52 bits per heavy atom. The van der Waals surface area contributed by atoms with E-state index in [1.165, 1.54) is 0 Å². The molecule has 2 aromatic rings. The molecule has 3 nitrogen and oxygen atoms in total. The van der Waals surface area contributed by atoms with Gasteiger partial charge >= 0.3 is 0 Å². The molecule has 3 heteroatoms. The molecule has 106 valence electrons. The summed E-state index contributed by atoms with van der Waals surface area (Å²) in [6.45, 7) is 4.27. The zero-order valence-corrected chi connectivity index (χ0v) is 12.2. The first kappa shape index (κ1) is 14.8. The Kier molecular flexibility index (Phi) is 4.76. The molecule has 2 rings (SSSR count). The summed E-state index contributed by atoms with van der Waals surface area (Å²) >= 11 is 0. The van der Waals surface area contributed by atoms with Crippen LogP contribution in [0.25, 0.3) is 0 Å². The minimum atomic E-state index is -0.144. The molecule has 0 bridgehead atoms. The van der Waals surface area contributed by atoms with Crippen molar-refractivity contribution in [3.05, 3.63) is 64.7 Å². The van der Waals surface area contributed by atoms with Gasteiger partial charge in [0.1, 0.15) is 0 Å². The Balaban J connectivity index is 2.21. The lowest BCUT2D eigenvalue weighted by molar-refractivity contribution is 0.102. The molecule has 3 N–H and O–H groups in total. The first-order chi connectivity index (χ1) is 10.1. The van der Waals surface area contributed by atoms with E-state index in [-0.39, 0.29) is 5.91 Å². The van der Waals surface area contributed by atoms with E-state index in [1.807, 2.05) is 44.2 Å². The van der Waals surface area contributed by atoms with Crippen LogP contribution < -0.4 is 11.1 Å². The fourth-order valence-electron chi connectivity index (χ4n) is 1.88. The Bertz CT molecular complexity index is 706. The molecule has 21 heavy (non-hydrogen) atoms. The summed E-state index contributed by atoms with van der Waals surface area (Å²) < 4.78 is 0. The predicted molar refractivity (Wildman–Crippen MR) is 86.2 cm³/mol. The zero-order valence-electron chi connectivity index (χ0n) is 12.2. The van der Waals surface area contributed by atoms with Gasteiger partial charge in [-0.25, -0.2) is 0 Å². The summed E-state index contributed by atoms with van der Waals surface area (Å²) in [5, 5.41) is 2.88. The lowest BCUT2D eigenvalue weighted by Crippen LogP contribution is -2.12. The first-order valence-electron chi connectivity index (χ1n) is 6.78. The molecule has 0 aliphatic heterocycles. The lowest BCUT2D eigenvalue weighted by Gasteiger charge is -2.07. The minimum Gasteiger partial charge on any atom is -0.322 e. The molecule has 0 unspecified atom stereocenters. The van der Waals surface area contributed by atoms with Crippen molar-refractivity contribution >= 4 is 11.6 Å². The molecular formula is C18H18N2O. The summed E-state index contributed by atoms with van der Waals surface area (Å²) in [5.74, 6) is 5.65. The van der Waals surface area contributed by atoms with Crippen molar-refractivity contribution in [1.29, 1.82) is 0 Å². The number of benzene rings is 2. The zero-order chi connectivity index (χ0) is 15.2. The Morgan fingerprint density at radius 2 is 1.86 bits per heavy atom.